The second kappa shape index (κ2) is 9.99. The van der Waals surface area contributed by atoms with Crippen LogP contribution in [-0.2, 0) is 4.79 Å². The summed E-state index contributed by atoms with van der Waals surface area (Å²) in [4.78, 5) is 25.7. The van der Waals surface area contributed by atoms with E-state index in [4.69, 9.17) is 58.0 Å². The van der Waals surface area contributed by atoms with Crippen LogP contribution in [0, 0.1) is 15.3 Å². The van der Waals surface area contributed by atoms with Crippen molar-refractivity contribution in [3.63, 3.8) is 0 Å². The number of hydrogen-bond acceptors (Lipinski definition) is 2. The molecule has 0 aromatic heterocycles. The minimum absolute atomic E-state index is 0.00555. The van der Waals surface area contributed by atoms with E-state index in [0.29, 0.717) is 24.9 Å². The van der Waals surface area contributed by atoms with Crippen LogP contribution in [0.25, 0.3) is 0 Å². The van der Waals surface area contributed by atoms with Crippen molar-refractivity contribution >= 4 is 104 Å². The second-order valence-corrected chi connectivity index (χ2v) is 11.6. The number of nitrogens with one attached hydrogen (secondary N) is 2. The molecule has 4 nitrogen and oxygen atoms in total. The molecule has 3 aromatic rings. The van der Waals surface area contributed by atoms with Crippen LogP contribution in [-0.4, -0.2) is 16.1 Å². The molecule has 2 atom stereocenters. The Morgan fingerprint density at radius 1 is 0.912 bits per heavy atom. The van der Waals surface area contributed by atoms with Crippen LogP contribution < -0.4 is 10.6 Å². The highest BCUT2D eigenvalue weighted by Crippen LogP contribution is 2.65. The molecule has 0 aliphatic heterocycles. The van der Waals surface area contributed by atoms with Gasteiger partial charge in [-0.15, -0.1) is 23.2 Å². The third-order valence-corrected chi connectivity index (χ3v) is 7.62. The average molecular weight is 673 g/mol. The summed E-state index contributed by atoms with van der Waals surface area (Å²) in [5.74, 6) is -2.97. The Kier molecular flexibility index (Phi) is 7.58. The Morgan fingerprint density at radius 2 is 1.59 bits per heavy atom. The summed E-state index contributed by atoms with van der Waals surface area (Å²) < 4.78 is 13.5. The van der Waals surface area contributed by atoms with Gasteiger partial charge in [0.25, 0.3) is 5.91 Å². The van der Waals surface area contributed by atoms with E-state index in [-0.39, 0.29) is 16.3 Å². The lowest BCUT2D eigenvalue weighted by Crippen LogP contribution is -2.18. The highest BCUT2D eigenvalue weighted by atomic mass is 127. The van der Waals surface area contributed by atoms with Gasteiger partial charge in [-0.25, -0.2) is 4.39 Å². The Hall–Kier alpha value is -1.29. The molecule has 0 unspecified atom stereocenters. The van der Waals surface area contributed by atoms with Crippen molar-refractivity contribution in [1.82, 2.24) is 0 Å². The van der Waals surface area contributed by atoms with Gasteiger partial charge >= 0.3 is 0 Å². The SMILES string of the molecule is O=C(Nc1ccc(I)cc1F)c1cc(NC(=O)[C@H]2[C@H](c3cc(Cl)cc(Cl)c3)C2(Cl)Cl)ccc1Cl. The lowest BCUT2D eigenvalue weighted by molar-refractivity contribution is -0.117. The first-order valence-electron chi connectivity index (χ1n) is 9.68. The molecular weight excluding hydrogens is 659 g/mol. The summed E-state index contributed by atoms with van der Waals surface area (Å²) in [5, 5.41) is 6.11. The third-order valence-electron chi connectivity index (χ3n) is 5.24. The van der Waals surface area contributed by atoms with Crippen LogP contribution >= 0.6 is 80.6 Å². The molecule has 1 aliphatic carbocycles. The lowest BCUT2D eigenvalue weighted by Gasteiger charge is -2.11. The van der Waals surface area contributed by atoms with Crippen LogP contribution in [0.15, 0.2) is 54.6 Å². The van der Waals surface area contributed by atoms with Crippen molar-refractivity contribution in [2.45, 2.75) is 10.3 Å². The van der Waals surface area contributed by atoms with Gasteiger partial charge in [0.05, 0.1) is 22.2 Å². The van der Waals surface area contributed by atoms with Crippen molar-refractivity contribution in [3.05, 3.63) is 90.2 Å². The van der Waals surface area contributed by atoms with Crippen LogP contribution in [0.2, 0.25) is 15.1 Å². The van der Waals surface area contributed by atoms with Crippen molar-refractivity contribution < 1.29 is 14.0 Å². The number of benzene rings is 3. The van der Waals surface area contributed by atoms with Crippen LogP contribution in [0.3, 0.4) is 0 Å². The number of halogens is 7. The number of carbonyl (C=O) groups is 2. The first-order chi connectivity index (χ1) is 16.0. The summed E-state index contributed by atoms with van der Waals surface area (Å²) in [7, 11) is 0. The molecule has 1 saturated carbocycles. The second-order valence-electron chi connectivity index (χ2n) is 7.59. The molecule has 4 rings (SSSR count). The summed E-state index contributed by atoms with van der Waals surface area (Å²) in [6, 6.07) is 13.6. The Morgan fingerprint density at radius 3 is 2.24 bits per heavy atom. The molecule has 0 bridgehead atoms. The smallest absolute Gasteiger partial charge is 0.257 e. The summed E-state index contributed by atoms with van der Waals surface area (Å²) in [5.41, 5.74) is 0.986. The molecule has 34 heavy (non-hydrogen) atoms. The van der Waals surface area contributed by atoms with Gasteiger partial charge in [0.1, 0.15) is 10.2 Å². The fourth-order valence-corrected chi connectivity index (χ4v) is 5.63. The maximum Gasteiger partial charge on any atom is 0.257 e. The van der Waals surface area contributed by atoms with Crippen molar-refractivity contribution in [3.8, 4) is 0 Å². The minimum Gasteiger partial charge on any atom is -0.326 e. The van der Waals surface area contributed by atoms with Gasteiger partial charge < -0.3 is 10.6 Å². The molecule has 2 amide bonds. The number of carbonyl (C=O) groups excluding carboxylic acids is 2. The topological polar surface area (TPSA) is 58.2 Å². The molecule has 0 heterocycles. The Labute approximate surface area is 233 Å². The zero-order chi connectivity index (χ0) is 24.8. The zero-order valence-electron chi connectivity index (χ0n) is 16.8. The van der Waals surface area contributed by atoms with E-state index in [1.807, 2.05) is 22.6 Å². The molecule has 1 fully saturated rings. The van der Waals surface area contributed by atoms with Crippen molar-refractivity contribution in [2.75, 3.05) is 10.6 Å². The number of rotatable bonds is 5. The van der Waals surface area contributed by atoms with E-state index in [2.05, 4.69) is 10.6 Å². The normalized spacial score (nSPS) is 18.3. The van der Waals surface area contributed by atoms with Gasteiger partial charge in [0.2, 0.25) is 5.91 Å². The first kappa shape index (κ1) is 25.8. The maximum atomic E-state index is 14.1. The van der Waals surface area contributed by atoms with Crippen LogP contribution in [0.4, 0.5) is 15.8 Å². The number of anilines is 2. The zero-order valence-corrected chi connectivity index (χ0v) is 22.8. The van der Waals surface area contributed by atoms with Gasteiger partial charge in [0, 0.05) is 25.2 Å². The van der Waals surface area contributed by atoms with E-state index in [1.165, 1.54) is 30.3 Å². The largest absolute Gasteiger partial charge is 0.326 e. The molecular formula is C23H13Cl5FIN2O2. The summed E-state index contributed by atoms with van der Waals surface area (Å²) in [6.45, 7) is 0. The van der Waals surface area contributed by atoms with E-state index in [0.717, 1.165) is 0 Å². The standard InChI is InChI=1S/C23H13Cl5FIN2O2/c24-11-5-10(6-12(25)7-11)19-20(23(19,27)28)22(34)31-14-2-3-16(26)15(9-14)21(33)32-18-4-1-13(30)8-17(18)29/h1-9,19-20H,(H,31,34)(H,32,33)/t19-,20+/m0/s1. The molecule has 0 saturated heterocycles. The molecule has 2 N–H and O–H groups in total. The number of alkyl halides is 2. The van der Waals surface area contributed by atoms with Crippen molar-refractivity contribution in [2.24, 2.45) is 5.92 Å². The van der Waals surface area contributed by atoms with Crippen LogP contribution in [0.1, 0.15) is 21.8 Å². The van der Waals surface area contributed by atoms with Crippen LogP contribution in [0.5, 0.6) is 0 Å². The van der Waals surface area contributed by atoms with E-state index in [9.17, 15) is 14.0 Å². The van der Waals surface area contributed by atoms with Gasteiger partial charge in [-0.2, -0.15) is 0 Å². The van der Waals surface area contributed by atoms with E-state index >= 15 is 0 Å². The number of hydrogen-bond donors (Lipinski definition) is 2. The monoisotopic (exact) mass is 670 g/mol. The van der Waals surface area contributed by atoms with E-state index < -0.39 is 33.8 Å². The summed E-state index contributed by atoms with van der Waals surface area (Å²) in [6.07, 6.45) is 0. The molecule has 176 valence electrons. The molecule has 0 spiro atoms. The highest BCUT2D eigenvalue weighted by molar-refractivity contribution is 14.1. The Bertz CT molecular complexity index is 1300. The van der Waals surface area contributed by atoms with E-state index in [1.54, 1.807) is 24.3 Å². The third kappa shape index (κ3) is 5.42. The van der Waals surface area contributed by atoms with Gasteiger partial charge in [-0.1, -0.05) is 34.8 Å². The first-order valence-corrected chi connectivity index (χ1v) is 12.6. The molecule has 0 radical (unpaired) electrons. The number of amides is 2. The average Bonchev–Trinajstić information content (AvgIpc) is 3.33. The van der Waals surface area contributed by atoms with Gasteiger partial charge in [-0.05, 0) is 82.8 Å². The summed E-state index contributed by atoms with van der Waals surface area (Å²) >= 11 is 33.1. The fraction of sp³-hybridized carbons (Fsp3) is 0.130. The molecule has 3 aromatic carbocycles. The molecule has 11 heteroatoms. The molecule has 1 aliphatic rings. The van der Waals surface area contributed by atoms with Gasteiger partial charge in [0.15, 0.2) is 0 Å². The Balaban J connectivity index is 1.52. The quantitative estimate of drug-likeness (QED) is 0.212. The highest BCUT2D eigenvalue weighted by Gasteiger charge is 2.67. The van der Waals surface area contributed by atoms with Crippen molar-refractivity contribution in [1.29, 1.82) is 0 Å². The van der Waals surface area contributed by atoms with Gasteiger partial charge in [-0.3, -0.25) is 9.59 Å². The predicted molar refractivity (Wildman–Crippen MR) is 144 cm³/mol. The lowest BCUT2D eigenvalue weighted by atomic mass is 10.1. The predicted octanol–water partition coefficient (Wildman–Crippen LogP) is 8.17. The fourth-order valence-electron chi connectivity index (χ4n) is 3.60. The minimum atomic E-state index is -1.35. The maximum absolute atomic E-state index is 14.1.